The Labute approximate surface area is 341 Å². The number of hydrogen-bond donors (Lipinski definition) is 0. The highest BCUT2D eigenvalue weighted by atomic mass is 16.3. The molecule has 0 bridgehead atoms. The van der Waals surface area contributed by atoms with E-state index in [1.165, 1.54) is 0 Å². The topological polar surface area (TPSA) is 13.1 Å². The lowest BCUT2D eigenvalue weighted by Gasteiger charge is -2.29. The van der Waals surface area contributed by atoms with Crippen LogP contribution in [0.15, 0.2) is 138 Å². The first-order valence-corrected chi connectivity index (χ1v) is 18.5. The summed E-state index contributed by atoms with van der Waals surface area (Å²) in [5.41, 5.74) is 10.0. The average Bonchev–Trinajstić information content (AvgIpc) is 3.64. The molecule has 0 aliphatic heterocycles. The molecule has 9 aromatic carbocycles. The van der Waals surface area contributed by atoms with Crippen molar-refractivity contribution in [3.05, 3.63) is 133 Å². The Morgan fingerprint density at radius 3 is 1.32 bits per heavy atom. The number of benzene rings is 9. The smallest absolute Gasteiger partial charge is 0.136 e. The van der Waals surface area contributed by atoms with Gasteiger partial charge in [-0.15, -0.1) is 21.9 Å². The van der Waals surface area contributed by atoms with Gasteiger partial charge in [-0.25, -0.2) is 0 Å². The van der Waals surface area contributed by atoms with Crippen molar-refractivity contribution in [1.82, 2.24) is 0 Å². The molecule has 1 nitrogen and oxygen atoms in total. The third-order valence-electron chi connectivity index (χ3n) is 11.4. The lowest BCUT2D eigenvalue weighted by atomic mass is 9.59. The number of furan rings is 1. The standard InChI is InChI=1S/C48H22B8O/c49-41-37-34(26-15-18-28(23-9-3-1-4-10-23)30(21-26)24-11-5-2-6-12-24)38-40(44(52)48(56)46(54)42(38)50)35(39(37)43(51)47(55)45(41)53)27-17-19-32-31(22-27)36-29-14-8-7-13-25(29)16-20-33(36)57-32/h1-22H. The van der Waals surface area contributed by atoms with E-state index in [0.717, 1.165) is 66.1 Å². The molecule has 244 valence electrons. The van der Waals surface area contributed by atoms with E-state index in [-0.39, 0.29) is 43.7 Å². The number of hydrogen-bond acceptors (Lipinski definition) is 1. The third-order valence-corrected chi connectivity index (χ3v) is 11.4. The van der Waals surface area contributed by atoms with Gasteiger partial charge in [0.1, 0.15) is 73.9 Å². The van der Waals surface area contributed by atoms with Crippen molar-refractivity contribution in [2.45, 2.75) is 0 Å². The van der Waals surface area contributed by atoms with Crippen molar-refractivity contribution in [3.63, 3.8) is 0 Å². The molecule has 1 heterocycles. The van der Waals surface area contributed by atoms with Crippen LogP contribution in [0.4, 0.5) is 0 Å². The van der Waals surface area contributed by atoms with Crippen molar-refractivity contribution >= 4 is 161 Å². The summed E-state index contributed by atoms with van der Waals surface area (Å²) in [7, 11) is 55.2. The van der Waals surface area contributed by atoms with Gasteiger partial charge in [-0.2, -0.15) is 0 Å². The molecule has 16 radical (unpaired) electrons. The van der Waals surface area contributed by atoms with E-state index in [1.807, 2.05) is 72.8 Å². The molecule has 10 aromatic rings. The van der Waals surface area contributed by atoms with Gasteiger partial charge in [0.15, 0.2) is 0 Å². The molecule has 0 atom stereocenters. The molecule has 0 aliphatic carbocycles. The maximum Gasteiger partial charge on any atom is 0.136 e. The Hall–Kier alpha value is -5.92. The minimum Gasteiger partial charge on any atom is -0.456 e. The van der Waals surface area contributed by atoms with Crippen molar-refractivity contribution in [2.24, 2.45) is 0 Å². The van der Waals surface area contributed by atoms with Crippen LogP contribution in [-0.4, -0.2) is 62.8 Å². The first-order chi connectivity index (χ1) is 27.6. The van der Waals surface area contributed by atoms with Gasteiger partial charge in [-0.3, -0.25) is 0 Å². The van der Waals surface area contributed by atoms with Crippen LogP contribution < -0.4 is 43.7 Å². The fraction of sp³-hybridized carbons (Fsp3) is 0. The van der Waals surface area contributed by atoms with Crippen molar-refractivity contribution in [1.29, 1.82) is 0 Å². The monoisotopic (exact) mass is 702 g/mol. The summed E-state index contributed by atoms with van der Waals surface area (Å²) < 4.78 is 6.39. The SMILES string of the molecule is [B]c1c([B])c([B])c2c(-c3ccc4oc5ccc6ccccc6c5c4c3)c3c([B])c([B])c([B])c([B])c3c(-c3ccc(-c4ccccc4)c(-c4ccccc4)c3)c2c1[B]. The summed E-state index contributed by atoms with van der Waals surface area (Å²) in [6.07, 6.45) is 0. The average molecular weight is 701 g/mol. The van der Waals surface area contributed by atoms with Gasteiger partial charge in [0.05, 0.1) is 0 Å². The van der Waals surface area contributed by atoms with E-state index in [0.29, 0.717) is 32.7 Å². The molecule has 1 aromatic heterocycles. The van der Waals surface area contributed by atoms with E-state index < -0.39 is 0 Å². The molecule has 0 N–H and O–H groups in total. The number of fused-ring (bicyclic) bond motifs is 7. The van der Waals surface area contributed by atoms with E-state index in [2.05, 4.69) is 60.7 Å². The first-order valence-electron chi connectivity index (χ1n) is 18.5. The van der Waals surface area contributed by atoms with Gasteiger partial charge in [0.2, 0.25) is 0 Å². The predicted octanol–water partition coefficient (Wildman–Crippen LogP) is 4.06. The first kappa shape index (κ1) is 35.5. The Morgan fingerprint density at radius 1 is 0.298 bits per heavy atom. The molecule has 57 heavy (non-hydrogen) atoms. The second-order valence-electron chi connectivity index (χ2n) is 14.5. The lowest BCUT2D eigenvalue weighted by Crippen LogP contribution is -2.50. The Bertz CT molecular complexity index is 3240. The molecule has 0 aliphatic rings. The summed E-state index contributed by atoms with van der Waals surface area (Å²) in [6.45, 7) is 0. The molecule has 0 unspecified atom stereocenters. The zero-order valence-corrected chi connectivity index (χ0v) is 30.7. The van der Waals surface area contributed by atoms with Crippen molar-refractivity contribution < 1.29 is 4.42 Å². The zero-order valence-electron chi connectivity index (χ0n) is 30.7. The van der Waals surface area contributed by atoms with Crippen LogP contribution in [0.3, 0.4) is 0 Å². The van der Waals surface area contributed by atoms with Crippen molar-refractivity contribution in [2.75, 3.05) is 0 Å². The Morgan fingerprint density at radius 2 is 0.754 bits per heavy atom. The molecule has 0 saturated heterocycles. The summed E-state index contributed by atoms with van der Waals surface area (Å²) in [5.74, 6) is 0. The summed E-state index contributed by atoms with van der Waals surface area (Å²) in [6, 6.07) is 45.0. The lowest BCUT2D eigenvalue weighted by molar-refractivity contribution is 0.669. The van der Waals surface area contributed by atoms with Gasteiger partial charge in [-0.05, 0) is 101 Å². The van der Waals surface area contributed by atoms with E-state index in [9.17, 15) is 0 Å². The minimum atomic E-state index is 0.159. The van der Waals surface area contributed by atoms with Crippen LogP contribution in [-0.2, 0) is 0 Å². The normalized spacial score (nSPS) is 11.7. The van der Waals surface area contributed by atoms with Gasteiger partial charge in [0, 0.05) is 10.8 Å². The number of rotatable bonds is 4. The predicted molar refractivity (Wildman–Crippen MR) is 251 cm³/mol. The van der Waals surface area contributed by atoms with Crippen LogP contribution in [0, 0.1) is 0 Å². The van der Waals surface area contributed by atoms with Crippen LogP contribution in [0.25, 0.3) is 98.8 Å². The molecule has 0 amide bonds. The van der Waals surface area contributed by atoms with Gasteiger partial charge < -0.3 is 4.42 Å². The zero-order chi connectivity index (χ0) is 39.3. The largest absolute Gasteiger partial charge is 0.456 e. The molecule has 0 spiro atoms. The Balaban J connectivity index is 1.40. The molecular formula is C48H22B8O. The molecule has 0 saturated carbocycles. The van der Waals surface area contributed by atoms with Crippen LogP contribution >= 0.6 is 0 Å². The van der Waals surface area contributed by atoms with Crippen LogP contribution in [0.2, 0.25) is 0 Å². The summed E-state index contributed by atoms with van der Waals surface area (Å²) >= 11 is 0. The van der Waals surface area contributed by atoms with Crippen molar-refractivity contribution in [3.8, 4) is 44.5 Å². The third kappa shape index (κ3) is 5.28. The van der Waals surface area contributed by atoms with Crippen LogP contribution in [0.1, 0.15) is 0 Å². The molecule has 10 rings (SSSR count). The van der Waals surface area contributed by atoms with E-state index in [1.54, 1.807) is 0 Å². The second kappa shape index (κ2) is 13.3. The minimum absolute atomic E-state index is 0.159. The highest BCUT2D eigenvalue weighted by molar-refractivity contribution is 6.71. The summed E-state index contributed by atoms with van der Waals surface area (Å²) in [5, 5.41) is 6.27. The fourth-order valence-corrected chi connectivity index (χ4v) is 8.65. The fourth-order valence-electron chi connectivity index (χ4n) is 8.65. The molecule has 9 heteroatoms. The molecule has 0 fully saturated rings. The van der Waals surface area contributed by atoms with E-state index in [4.69, 9.17) is 67.2 Å². The second-order valence-corrected chi connectivity index (χ2v) is 14.5. The maximum absolute atomic E-state index is 7.10. The quantitative estimate of drug-likeness (QED) is 0.200. The highest BCUT2D eigenvalue weighted by Crippen LogP contribution is 2.45. The van der Waals surface area contributed by atoms with Gasteiger partial charge >= 0.3 is 0 Å². The van der Waals surface area contributed by atoms with Gasteiger partial charge in [-0.1, -0.05) is 131 Å². The van der Waals surface area contributed by atoms with Gasteiger partial charge in [0.25, 0.3) is 0 Å². The molecular weight excluding hydrogens is 679 g/mol. The van der Waals surface area contributed by atoms with Crippen LogP contribution in [0.5, 0.6) is 0 Å². The summed E-state index contributed by atoms with van der Waals surface area (Å²) in [4.78, 5) is 0. The van der Waals surface area contributed by atoms with E-state index >= 15 is 0 Å². The maximum atomic E-state index is 7.10. The highest BCUT2D eigenvalue weighted by Gasteiger charge is 2.26. The Kier molecular flexibility index (Phi) is 8.31.